The van der Waals surface area contributed by atoms with Crippen molar-refractivity contribution in [2.75, 3.05) is 5.73 Å². The van der Waals surface area contributed by atoms with Gasteiger partial charge in [0.2, 0.25) is 0 Å². The predicted molar refractivity (Wildman–Crippen MR) is 61.3 cm³/mol. The van der Waals surface area contributed by atoms with Crippen LogP contribution in [0.25, 0.3) is 0 Å². The highest BCUT2D eigenvalue weighted by molar-refractivity contribution is 7.99. The number of aromatic nitrogens is 3. The number of nitrogens with two attached hydrogens (primary N) is 1. The van der Waals surface area contributed by atoms with Gasteiger partial charge in [0.15, 0.2) is 0 Å². The lowest BCUT2D eigenvalue weighted by molar-refractivity contribution is 0.431. The minimum Gasteiger partial charge on any atom is -0.436 e. The largest absolute Gasteiger partial charge is 0.436 e. The van der Waals surface area contributed by atoms with Crippen LogP contribution in [0.3, 0.4) is 0 Å². The van der Waals surface area contributed by atoms with E-state index >= 15 is 0 Å². The lowest BCUT2D eigenvalue weighted by Crippen LogP contribution is -1.97. The Kier molecular flexibility index (Phi) is 2.82. The maximum absolute atomic E-state index is 5.69. The average Bonchev–Trinajstić information content (AvgIpc) is 2.54. The summed E-state index contributed by atoms with van der Waals surface area (Å²) in [6.07, 6.45) is 1.44. The molecule has 5 nitrogen and oxygen atoms in total. The van der Waals surface area contributed by atoms with Gasteiger partial charge in [0, 0.05) is 5.56 Å². The number of anilines is 1. The van der Waals surface area contributed by atoms with Crippen molar-refractivity contribution < 1.29 is 4.42 Å². The monoisotopic (exact) mass is 236 g/mol. The molecule has 0 unspecified atom stereocenters. The van der Waals surface area contributed by atoms with Gasteiger partial charge in [-0.25, -0.2) is 15.0 Å². The molecule has 0 radical (unpaired) electrons. The lowest BCUT2D eigenvalue weighted by atomic mass is 10.4. The van der Waals surface area contributed by atoms with Crippen LogP contribution in [-0.2, 0) is 0 Å². The van der Waals surface area contributed by atoms with Gasteiger partial charge in [-0.15, -0.1) is 0 Å². The van der Waals surface area contributed by atoms with Gasteiger partial charge in [-0.3, -0.25) is 0 Å². The molecule has 6 heteroatoms. The summed E-state index contributed by atoms with van der Waals surface area (Å²) in [5.41, 5.74) is 7.43. The predicted octanol–water partition coefficient (Wildman–Crippen LogP) is 2.12. The zero-order valence-corrected chi connectivity index (χ0v) is 10.1. The number of aryl methyl sites for hydroxylation is 2. The summed E-state index contributed by atoms with van der Waals surface area (Å²) in [5.74, 6) is 1.31. The maximum Gasteiger partial charge on any atom is 0.262 e. The van der Waals surface area contributed by atoms with E-state index in [-0.39, 0.29) is 0 Å². The Bertz CT molecular complexity index is 504. The summed E-state index contributed by atoms with van der Waals surface area (Å²) in [7, 11) is 0. The molecule has 16 heavy (non-hydrogen) atoms. The van der Waals surface area contributed by atoms with Crippen molar-refractivity contribution in [3.63, 3.8) is 0 Å². The van der Waals surface area contributed by atoms with Crippen LogP contribution in [0.15, 0.2) is 21.0 Å². The van der Waals surface area contributed by atoms with Crippen LogP contribution in [0, 0.1) is 20.8 Å². The fourth-order valence-corrected chi connectivity index (χ4v) is 1.99. The molecule has 2 heterocycles. The van der Waals surface area contributed by atoms with E-state index in [4.69, 9.17) is 10.2 Å². The quantitative estimate of drug-likeness (QED) is 0.805. The van der Waals surface area contributed by atoms with E-state index in [0.29, 0.717) is 11.0 Å². The first-order valence-electron chi connectivity index (χ1n) is 4.77. The van der Waals surface area contributed by atoms with Crippen LogP contribution < -0.4 is 5.73 Å². The molecule has 0 aromatic carbocycles. The van der Waals surface area contributed by atoms with Crippen molar-refractivity contribution in [3.05, 3.63) is 23.3 Å². The second-order valence-electron chi connectivity index (χ2n) is 3.41. The van der Waals surface area contributed by atoms with Crippen molar-refractivity contribution in [1.82, 2.24) is 15.0 Å². The summed E-state index contributed by atoms with van der Waals surface area (Å²) in [4.78, 5) is 12.3. The molecule has 0 atom stereocenters. The van der Waals surface area contributed by atoms with E-state index in [1.54, 1.807) is 0 Å². The van der Waals surface area contributed by atoms with Crippen LogP contribution in [-0.4, -0.2) is 15.0 Å². The molecule has 0 aliphatic rings. The molecule has 84 valence electrons. The molecule has 0 aliphatic carbocycles. The summed E-state index contributed by atoms with van der Waals surface area (Å²) in [5, 5.41) is 1.35. The topological polar surface area (TPSA) is 77.8 Å². The molecular weight excluding hydrogens is 224 g/mol. The highest BCUT2D eigenvalue weighted by Crippen LogP contribution is 2.30. The molecule has 0 spiro atoms. The second-order valence-corrected chi connectivity index (χ2v) is 4.35. The van der Waals surface area contributed by atoms with Crippen LogP contribution in [0.2, 0.25) is 0 Å². The van der Waals surface area contributed by atoms with Gasteiger partial charge in [0.1, 0.15) is 22.9 Å². The number of nitrogens with zero attached hydrogens (tertiary/aromatic N) is 3. The van der Waals surface area contributed by atoms with Gasteiger partial charge >= 0.3 is 0 Å². The minimum atomic E-state index is 0.484. The van der Waals surface area contributed by atoms with Crippen LogP contribution in [0.4, 0.5) is 5.82 Å². The molecule has 2 N–H and O–H groups in total. The molecule has 0 fully saturated rings. The van der Waals surface area contributed by atoms with E-state index in [1.807, 2.05) is 20.8 Å². The maximum atomic E-state index is 5.69. The zero-order valence-electron chi connectivity index (χ0n) is 9.31. The van der Waals surface area contributed by atoms with Gasteiger partial charge in [-0.1, -0.05) is 0 Å². The number of hydrogen-bond donors (Lipinski definition) is 1. The lowest BCUT2D eigenvalue weighted by Gasteiger charge is -2.02. The highest BCUT2D eigenvalue weighted by atomic mass is 32.2. The first-order valence-corrected chi connectivity index (χ1v) is 5.58. The normalized spacial score (nSPS) is 10.7. The van der Waals surface area contributed by atoms with Gasteiger partial charge in [-0.2, -0.15) is 0 Å². The molecular formula is C10H12N4OS. The SMILES string of the molecule is Cc1nc(Sc2ncnc(N)c2C)oc1C. The average molecular weight is 236 g/mol. The number of hydrogen-bond acceptors (Lipinski definition) is 6. The summed E-state index contributed by atoms with van der Waals surface area (Å²) >= 11 is 1.35. The Morgan fingerprint density at radius 2 is 2.00 bits per heavy atom. The third-order valence-corrected chi connectivity index (χ3v) is 3.22. The van der Waals surface area contributed by atoms with Gasteiger partial charge in [0.25, 0.3) is 5.22 Å². The minimum absolute atomic E-state index is 0.484. The van der Waals surface area contributed by atoms with E-state index in [9.17, 15) is 0 Å². The number of oxazole rings is 1. The smallest absolute Gasteiger partial charge is 0.262 e. The standard InChI is InChI=1S/C10H12N4OS/c1-5-8(11)12-4-13-9(5)16-10-14-6(2)7(3)15-10/h4H,1-3H3,(H2,11,12,13). The van der Waals surface area contributed by atoms with Gasteiger partial charge < -0.3 is 10.2 Å². The zero-order chi connectivity index (χ0) is 11.7. The first kappa shape index (κ1) is 10.9. The van der Waals surface area contributed by atoms with E-state index in [2.05, 4.69) is 15.0 Å². The van der Waals surface area contributed by atoms with Crippen molar-refractivity contribution in [2.45, 2.75) is 31.0 Å². The third kappa shape index (κ3) is 2.01. The van der Waals surface area contributed by atoms with Crippen molar-refractivity contribution >= 4 is 17.6 Å². The first-order chi connectivity index (χ1) is 7.58. The fraction of sp³-hybridized carbons (Fsp3) is 0.300. The number of nitrogen functional groups attached to an aromatic ring is 1. The molecule has 0 amide bonds. The second kappa shape index (κ2) is 4.13. The molecule has 2 rings (SSSR count). The Hall–Kier alpha value is -1.56. The molecule has 2 aromatic heterocycles. The van der Waals surface area contributed by atoms with Gasteiger partial charge in [-0.05, 0) is 32.5 Å². The molecule has 2 aromatic rings. The summed E-state index contributed by atoms with van der Waals surface area (Å²) in [6.45, 7) is 5.66. The van der Waals surface area contributed by atoms with Crippen LogP contribution >= 0.6 is 11.8 Å². The van der Waals surface area contributed by atoms with E-state index < -0.39 is 0 Å². The van der Waals surface area contributed by atoms with Crippen LogP contribution in [0.5, 0.6) is 0 Å². The Morgan fingerprint density at radius 3 is 2.62 bits per heavy atom. The Labute approximate surface area is 97.5 Å². The summed E-state index contributed by atoms with van der Waals surface area (Å²) < 4.78 is 5.46. The highest BCUT2D eigenvalue weighted by Gasteiger charge is 2.11. The van der Waals surface area contributed by atoms with Gasteiger partial charge in [0.05, 0.1) is 5.69 Å². The third-order valence-electron chi connectivity index (χ3n) is 2.27. The fourth-order valence-electron chi connectivity index (χ4n) is 1.12. The molecule has 0 saturated heterocycles. The van der Waals surface area contributed by atoms with E-state index in [0.717, 1.165) is 22.0 Å². The number of rotatable bonds is 2. The van der Waals surface area contributed by atoms with Crippen LogP contribution in [0.1, 0.15) is 17.0 Å². The Balaban J connectivity index is 2.30. The van der Waals surface area contributed by atoms with E-state index in [1.165, 1.54) is 18.1 Å². The summed E-state index contributed by atoms with van der Waals surface area (Å²) in [6, 6.07) is 0. The molecule has 0 aliphatic heterocycles. The molecule has 0 bridgehead atoms. The van der Waals surface area contributed by atoms with Crippen molar-refractivity contribution in [2.24, 2.45) is 0 Å². The molecule has 0 saturated carbocycles. The Morgan fingerprint density at radius 1 is 1.25 bits per heavy atom. The van der Waals surface area contributed by atoms with Crippen molar-refractivity contribution in [3.8, 4) is 0 Å². The van der Waals surface area contributed by atoms with Crippen molar-refractivity contribution in [1.29, 1.82) is 0 Å².